The molecule has 29 heavy (non-hydrogen) atoms. The van der Waals surface area contributed by atoms with Crippen LogP contribution in [0.5, 0.6) is 0 Å². The Kier molecular flexibility index (Phi) is 6.94. The molecule has 9 nitrogen and oxygen atoms in total. The van der Waals surface area contributed by atoms with E-state index in [1.165, 1.54) is 6.26 Å². The van der Waals surface area contributed by atoms with Crippen molar-refractivity contribution in [1.29, 1.82) is 0 Å². The molecule has 158 valence electrons. The second-order valence-corrected chi connectivity index (χ2v) is 7.24. The van der Waals surface area contributed by atoms with E-state index in [0.29, 0.717) is 38.5 Å². The van der Waals surface area contributed by atoms with E-state index in [2.05, 4.69) is 15.2 Å². The molecule has 0 aromatic carbocycles. The fourth-order valence-electron chi connectivity index (χ4n) is 3.88. The molecular formula is C19H27ClN6O3. The van der Waals surface area contributed by atoms with Gasteiger partial charge in [-0.15, -0.1) is 12.4 Å². The van der Waals surface area contributed by atoms with Crippen molar-refractivity contribution in [3.63, 3.8) is 0 Å². The van der Waals surface area contributed by atoms with Crippen molar-refractivity contribution in [2.75, 3.05) is 52.4 Å². The van der Waals surface area contributed by atoms with Crippen LogP contribution >= 0.6 is 12.4 Å². The minimum absolute atomic E-state index is 0. The minimum atomic E-state index is -0.117. The number of imidazole rings is 1. The van der Waals surface area contributed by atoms with Gasteiger partial charge in [-0.1, -0.05) is 0 Å². The molecule has 4 rings (SSSR count). The molecule has 0 bridgehead atoms. The fraction of sp³-hybridized carbons (Fsp3) is 0.526. The predicted octanol–water partition coefficient (Wildman–Crippen LogP) is 0.366. The van der Waals surface area contributed by atoms with Gasteiger partial charge in [-0.25, -0.2) is 4.98 Å². The van der Waals surface area contributed by atoms with Gasteiger partial charge in [0.2, 0.25) is 5.91 Å². The zero-order valence-corrected chi connectivity index (χ0v) is 17.3. The molecule has 0 radical (unpaired) electrons. The Morgan fingerprint density at radius 2 is 1.97 bits per heavy atom. The van der Waals surface area contributed by atoms with Gasteiger partial charge in [0.15, 0.2) is 5.76 Å². The second kappa shape index (κ2) is 9.43. The van der Waals surface area contributed by atoms with Crippen molar-refractivity contribution in [3.05, 3.63) is 42.4 Å². The molecular weight excluding hydrogens is 396 g/mol. The van der Waals surface area contributed by atoms with E-state index >= 15 is 0 Å². The Morgan fingerprint density at radius 3 is 2.62 bits per heavy atom. The molecule has 4 heterocycles. The third-order valence-electron chi connectivity index (χ3n) is 5.50. The third-order valence-corrected chi connectivity index (χ3v) is 5.50. The Hall–Kier alpha value is -2.36. The fourth-order valence-corrected chi connectivity index (χ4v) is 3.88. The molecule has 0 aliphatic carbocycles. The average Bonchev–Trinajstić information content (AvgIpc) is 3.40. The molecule has 2 fully saturated rings. The molecule has 1 unspecified atom stereocenters. The summed E-state index contributed by atoms with van der Waals surface area (Å²) in [5.41, 5.74) is 0. The molecule has 2 amide bonds. The molecule has 2 aromatic rings. The highest BCUT2D eigenvalue weighted by atomic mass is 35.5. The van der Waals surface area contributed by atoms with Crippen LogP contribution in [0.4, 0.5) is 0 Å². The van der Waals surface area contributed by atoms with E-state index in [4.69, 9.17) is 4.42 Å². The maximum absolute atomic E-state index is 12.9. The van der Waals surface area contributed by atoms with Crippen LogP contribution in [-0.2, 0) is 11.8 Å². The van der Waals surface area contributed by atoms with Crippen LogP contribution in [0.3, 0.4) is 0 Å². The van der Waals surface area contributed by atoms with Crippen molar-refractivity contribution in [1.82, 2.24) is 29.6 Å². The van der Waals surface area contributed by atoms with Crippen LogP contribution in [0.15, 0.2) is 35.2 Å². The number of hydrogen-bond acceptors (Lipinski definition) is 6. The van der Waals surface area contributed by atoms with Crippen LogP contribution in [0.2, 0.25) is 0 Å². The minimum Gasteiger partial charge on any atom is -0.459 e. The quantitative estimate of drug-likeness (QED) is 0.765. The number of aryl methyl sites for hydroxylation is 1. The Balaban J connectivity index is 0.00000240. The number of halogens is 1. The number of amides is 2. The molecule has 2 aromatic heterocycles. The molecule has 1 N–H and O–H groups in total. The highest BCUT2D eigenvalue weighted by Crippen LogP contribution is 2.20. The Bertz CT molecular complexity index is 816. The summed E-state index contributed by atoms with van der Waals surface area (Å²) in [4.78, 5) is 35.5. The van der Waals surface area contributed by atoms with Crippen LogP contribution < -0.4 is 5.32 Å². The number of furan rings is 1. The molecule has 2 saturated heterocycles. The number of piperazine rings is 2. The third kappa shape index (κ3) is 4.63. The van der Waals surface area contributed by atoms with Crippen molar-refractivity contribution in [3.8, 4) is 0 Å². The topological polar surface area (TPSA) is 86.9 Å². The summed E-state index contributed by atoms with van der Waals surface area (Å²) in [5.74, 6) is 1.30. The van der Waals surface area contributed by atoms with Gasteiger partial charge < -0.3 is 24.1 Å². The normalized spacial score (nSPS) is 20.4. The van der Waals surface area contributed by atoms with Crippen LogP contribution in [0, 0.1) is 0 Å². The lowest BCUT2D eigenvalue weighted by molar-refractivity contribution is -0.134. The Morgan fingerprint density at radius 1 is 1.21 bits per heavy atom. The predicted molar refractivity (Wildman–Crippen MR) is 109 cm³/mol. The van der Waals surface area contributed by atoms with Gasteiger partial charge in [-0.05, 0) is 12.1 Å². The zero-order chi connectivity index (χ0) is 19.5. The molecule has 0 spiro atoms. The van der Waals surface area contributed by atoms with Crippen molar-refractivity contribution >= 4 is 24.2 Å². The number of hydrogen-bond donors (Lipinski definition) is 1. The summed E-state index contributed by atoms with van der Waals surface area (Å²) >= 11 is 0. The monoisotopic (exact) mass is 422 g/mol. The first-order chi connectivity index (χ1) is 13.6. The lowest BCUT2D eigenvalue weighted by Gasteiger charge is -2.38. The number of aromatic nitrogens is 2. The maximum Gasteiger partial charge on any atom is 0.289 e. The summed E-state index contributed by atoms with van der Waals surface area (Å²) in [6, 6.07) is 3.46. The summed E-state index contributed by atoms with van der Waals surface area (Å²) in [6.45, 7) is 4.95. The maximum atomic E-state index is 12.9. The van der Waals surface area contributed by atoms with Crippen molar-refractivity contribution in [2.45, 2.75) is 6.04 Å². The largest absolute Gasteiger partial charge is 0.459 e. The zero-order valence-electron chi connectivity index (χ0n) is 16.5. The lowest BCUT2D eigenvalue weighted by Crippen LogP contribution is -2.55. The second-order valence-electron chi connectivity index (χ2n) is 7.24. The summed E-state index contributed by atoms with van der Waals surface area (Å²) in [6.07, 6.45) is 5.22. The number of carbonyl (C=O) groups is 2. The number of nitrogens with one attached hydrogen (secondary N) is 1. The van der Waals surface area contributed by atoms with E-state index in [9.17, 15) is 9.59 Å². The molecule has 2 aliphatic rings. The van der Waals surface area contributed by atoms with Crippen LogP contribution in [-0.4, -0.2) is 88.4 Å². The van der Waals surface area contributed by atoms with E-state index in [1.54, 1.807) is 23.2 Å². The molecule has 2 aliphatic heterocycles. The standard InChI is InChI=1S/C19H26N6O3.ClH/c1-22-6-5-21-18(22)15-13-20-4-7-25(15)14-17(26)23-8-10-24(11-9-23)19(27)16-3-2-12-28-16;/h2-3,5-6,12,15,20H,4,7-11,13-14H2,1H3;1H. The molecule has 10 heteroatoms. The Labute approximate surface area is 176 Å². The smallest absolute Gasteiger partial charge is 0.289 e. The van der Waals surface area contributed by atoms with Crippen molar-refractivity contribution in [2.24, 2.45) is 7.05 Å². The molecule has 0 saturated carbocycles. The summed E-state index contributed by atoms with van der Waals surface area (Å²) in [5, 5.41) is 3.39. The van der Waals surface area contributed by atoms with Gasteiger partial charge in [-0.3, -0.25) is 14.5 Å². The van der Waals surface area contributed by atoms with Gasteiger partial charge in [0.05, 0.1) is 18.8 Å². The van der Waals surface area contributed by atoms with E-state index in [1.807, 2.05) is 22.7 Å². The van der Waals surface area contributed by atoms with Gasteiger partial charge in [-0.2, -0.15) is 0 Å². The van der Waals surface area contributed by atoms with Crippen LogP contribution in [0.1, 0.15) is 22.4 Å². The van der Waals surface area contributed by atoms with Gasteiger partial charge in [0.1, 0.15) is 5.82 Å². The summed E-state index contributed by atoms with van der Waals surface area (Å²) in [7, 11) is 1.98. The van der Waals surface area contributed by atoms with Crippen LogP contribution in [0.25, 0.3) is 0 Å². The first-order valence-electron chi connectivity index (χ1n) is 9.66. The van der Waals surface area contributed by atoms with E-state index in [-0.39, 0.29) is 30.3 Å². The highest BCUT2D eigenvalue weighted by molar-refractivity contribution is 5.91. The SMILES string of the molecule is Cl.Cn1ccnc1C1CNCCN1CC(=O)N1CCN(C(=O)c2ccco2)CC1. The van der Waals surface area contributed by atoms with Gasteiger partial charge in [0, 0.05) is 65.3 Å². The summed E-state index contributed by atoms with van der Waals surface area (Å²) < 4.78 is 7.20. The van der Waals surface area contributed by atoms with E-state index < -0.39 is 0 Å². The number of carbonyl (C=O) groups excluding carboxylic acids is 2. The van der Waals surface area contributed by atoms with Crippen molar-refractivity contribution < 1.29 is 14.0 Å². The first-order valence-corrected chi connectivity index (χ1v) is 9.66. The first kappa shape index (κ1) is 21.4. The van der Waals surface area contributed by atoms with Gasteiger partial charge >= 0.3 is 0 Å². The lowest BCUT2D eigenvalue weighted by atomic mass is 10.1. The molecule has 1 atom stereocenters. The number of nitrogens with zero attached hydrogens (tertiary/aromatic N) is 5. The number of rotatable bonds is 4. The van der Waals surface area contributed by atoms with Gasteiger partial charge in [0.25, 0.3) is 5.91 Å². The highest BCUT2D eigenvalue weighted by Gasteiger charge is 2.31. The average molecular weight is 423 g/mol. The van der Waals surface area contributed by atoms with E-state index in [0.717, 1.165) is 25.5 Å².